The Morgan fingerprint density at radius 1 is 1.44 bits per heavy atom. The molecular formula is C9H15F3N2OS. The summed E-state index contributed by atoms with van der Waals surface area (Å²) in [5.41, 5.74) is 4.96. The summed E-state index contributed by atoms with van der Waals surface area (Å²) >= 11 is 1.24. The molecule has 1 unspecified atom stereocenters. The van der Waals surface area contributed by atoms with Crippen LogP contribution in [0.25, 0.3) is 0 Å². The van der Waals surface area contributed by atoms with Crippen molar-refractivity contribution in [2.24, 2.45) is 11.7 Å². The van der Waals surface area contributed by atoms with Gasteiger partial charge in [-0.3, -0.25) is 5.41 Å². The van der Waals surface area contributed by atoms with E-state index in [4.69, 9.17) is 15.9 Å². The van der Waals surface area contributed by atoms with Crippen molar-refractivity contribution in [1.82, 2.24) is 0 Å². The molecule has 94 valence electrons. The van der Waals surface area contributed by atoms with Crippen LogP contribution in [-0.2, 0) is 4.74 Å². The molecule has 0 aliphatic carbocycles. The number of hydrogen-bond acceptors (Lipinski definition) is 3. The second kappa shape index (κ2) is 5.77. The fourth-order valence-electron chi connectivity index (χ4n) is 1.44. The van der Waals surface area contributed by atoms with E-state index >= 15 is 0 Å². The van der Waals surface area contributed by atoms with Gasteiger partial charge in [0.1, 0.15) is 11.8 Å². The van der Waals surface area contributed by atoms with Gasteiger partial charge >= 0.3 is 6.18 Å². The highest BCUT2D eigenvalue weighted by Crippen LogP contribution is 2.32. The lowest BCUT2D eigenvalue weighted by Gasteiger charge is -2.24. The first kappa shape index (κ1) is 13.6. The lowest BCUT2D eigenvalue weighted by Crippen LogP contribution is -2.37. The van der Waals surface area contributed by atoms with Gasteiger partial charge < -0.3 is 10.5 Å². The summed E-state index contributed by atoms with van der Waals surface area (Å²) in [6.07, 6.45) is -2.87. The fraction of sp³-hybridized carbons (Fsp3) is 0.889. The van der Waals surface area contributed by atoms with Crippen LogP contribution in [0.1, 0.15) is 12.8 Å². The maximum Gasteiger partial charge on any atom is 0.399 e. The van der Waals surface area contributed by atoms with E-state index in [0.29, 0.717) is 13.2 Å². The third-order valence-corrected chi connectivity index (χ3v) is 3.91. The quantitative estimate of drug-likeness (QED) is 0.597. The van der Waals surface area contributed by atoms with Gasteiger partial charge in [-0.1, -0.05) is 0 Å². The number of nitrogens with two attached hydrogens (primary N) is 1. The van der Waals surface area contributed by atoms with Gasteiger partial charge in [-0.05, 0) is 12.8 Å². The van der Waals surface area contributed by atoms with Crippen LogP contribution in [0.15, 0.2) is 0 Å². The second-order valence-electron chi connectivity index (χ2n) is 3.69. The lowest BCUT2D eigenvalue weighted by atomic mass is 10.1. The average Bonchev–Trinajstić information content (AvgIpc) is 2.17. The molecule has 1 fully saturated rings. The van der Waals surface area contributed by atoms with E-state index in [1.807, 2.05) is 0 Å². The van der Waals surface area contributed by atoms with Gasteiger partial charge in [0.15, 0.2) is 0 Å². The zero-order valence-corrected chi connectivity index (χ0v) is 9.53. The molecule has 3 N–H and O–H groups in total. The molecule has 0 aromatic carbocycles. The Balaban J connectivity index is 2.40. The van der Waals surface area contributed by atoms with Gasteiger partial charge in [0, 0.05) is 24.2 Å². The molecule has 1 aliphatic heterocycles. The summed E-state index contributed by atoms with van der Waals surface area (Å²) in [5.74, 6) is -2.78. The molecule has 0 radical (unpaired) electrons. The summed E-state index contributed by atoms with van der Waals surface area (Å²) in [4.78, 5) is 0. The Labute approximate surface area is 96.4 Å². The number of alkyl halides is 3. The highest BCUT2D eigenvalue weighted by molar-refractivity contribution is 7.99. The number of nitrogens with one attached hydrogen (secondary N) is 1. The minimum Gasteiger partial charge on any atom is -0.387 e. The van der Waals surface area contributed by atoms with Gasteiger partial charge in [-0.2, -0.15) is 24.9 Å². The molecule has 3 nitrogen and oxygen atoms in total. The highest BCUT2D eigenvalue weighted by atomic mass is 32.2. The van der Waals surface area contributed by atoms with Crippen molar-refractivity contribution in [3.05, 3.63) is 0 Å². The number of thioether (sulfide) groups is 1. The first-order chi connectivity index (χ1) is 7.41. The molecule has 0 spiro atoms. The molecular weight excluding hydrogens is 241 g/mol. The van der Waals surface area contributed by atoms with E-state index in [-0.39, 0.29) is 11.0 Å². The van der Waals surface area contributed by atoms with Gasteiger partial charge in [0.25, 0.3) is 0 Å². The zero-order chi connectivity index (χ0) is 12.2. The fourth-order valence-corrected chi connectivity index (χ4v) is 2.79. The van der Waals surface area contributed by atoms with E-state index in [1.165, 1.54) is 11.8 Å². The number of rotatable bonds is 4. The van der Waals surface area contributed by atoms with Crippen molar-refractivity contribution < 1.29 is 17.9 Å². The van der Waals surface area contributed by atoms with Crippen LogP contribution in [0.4, 0.5) is 13.2 Å². The third kappa shape index (κ3) is 4.21. The van der Waals surface area contributed by atoms with Gasteiger partial charge in [0.05, 0.1) is 0 Å². The minimum atomic E-state index is -4.41. The Bertz CT molecular complexity index is 241. The van der Waals surface area contributed by atoms with Crippen LogP contribution in [0, 0.1) is 11.3 Å². The minimum absolute atomic E-state index is 0.163. The van der Waals surface area contributed by atoms with Crippen LogP contribution >= 0.6 is 11.8 Å². The van der Waals surface area contributed by atoms with Gasteiger partial charge in [0.2, 0.25) is 0 Å². The SMILES string of the molecule is N=C(N)C(CSC1CCOCC1)C(F)(F)F. The van der Waals surface area contributed by atoms with E-state index in [0.717, 1.165) is 12.8 Å². The van der Waals surface area contributed by atoms with Crippen molar-refractivity contribution in [2.75, 3.05) is 19.0 Å². The van der Waals surface area contributed by atoms with Gasteiger partial charge in [-0.15, -0.1) is 0 Å². The van der Waals surface area contributed by atoms with Crippen molar-refractivity contribution in [2.45, 2.75) is 24.3 Å². The monoisotopic (exact) mass is 256 g/mol. The Morgan fingerprint density at radius 3 is 2.44 bits per heavy atom. The van der Waals surface area contributed by atoms with Crippen LogP contribution in [0.2, 0.25) is 0 Å². The molecule has 0 aromatic heterocycles. The molecule has 1 aliphatic rings. The summed E-state index contributed by atoms with van der Waals surface area (Å²) in [7, 11) is 0. The first-order valence-electron chi connectivity index (χ1n) is 5.01. The lowest BCUT2D eigenvalue weighted by molar-refractivity contribution is -0.150. The molecule has 16 heavy (non-hydrogen) atoms. The number of amidine groups is 1. The summed E-state index contributed by atoms with van der Waals surface area (Å²) < 4.78 is 42.5. The molecule has 0 saturated carbocycles. The summed E-state index contributed by atoms with van der Waals surface area (Å²) in [6, 6.07) is 0. The normalized spacial score (nSPS) is 20.7. The van der Waals surface area contributed by atoms with Gasteiger partial charge in [-0.25, -0.2) is 0 Å². The maximum absolute atomic E-state index is 12.5. The average molecular weight is 256 g/mol. The number of halogens is 3. The Morgan fingerprint density at radius 2 is 2.00 bits per heavy atom. The molecule has 0 amide bonds. The predicted octanol–water partition coefficient (Wildman–Crippen LogP) is 2.01. The van der Waals surface area contributed by atoms with E-state index in [1.54, 1.807) is 0 Å². The van der Waals surface area contributed by atoms with Crippen molar-refractivity contribution >= 4 is 17.6 Å². The van der Waals surface area contributed by atoms with Crippen LogP contribution < -0.4 is 5.73 Å². The van der Waals surface area contributed by atoms with E-state index < -0.39 is 17.9 Å². The van der Waals surface area contributed by atoms with Crippen molar-refractivity contribution in [3.63, 3.8) is 0 Å². The number of ether oxygens (including phenoxy) is 1. The molecule has 1 atom stereocenters. The molecule has 7 heteroatoms. The van der Waals surface area contributed by atoms with E-state index in [2.05, 4.69) is 0 Å². The van der Waals surface area contributed by atoms with Crippen molar-refractivity contribution in [3.8, 4) is 0 Å². The van der Waals surface area contributed by atoms with Crippen LogP contribution in [-0.4, -0.2) is 36.2 Å². The third-order valence-electron chi connectivity index (χ3n) is 2.44. The topological polar surface area (TPSA) is 59.1 Å². The predicted molar refractivity (Wildman–Crippen MR) is 57.8 cm³/mol. The number of hydrogen-bond donors (Lipinski definition) is 2. The largest absolute Gasteiger partial charge is 0.399 e. The standard InChI is InChI=1S/C9H15F3N2OS/c10-9(11,12)7(8(13)14)5-16-6-1-3-15-4-2-6/h6-7H,1-5H2,(H3,13,14). The van der Waals surface area contributed by atoms with Crippen molar-refractivity contribution in [1.29, 1.82) is 5.41 Å². The second-order valence-corrected chi connectivity index (χ2v) is 5.03. The summed E-state index contributed by atoms with van der Waals surface area (Å²) in [5, 5.41) is 7.14. The smallest absolute Gasteiger partial charge is 0.387 e. The highest BCUT2D eigenvalue weighted by Gasteiger charge is 2.42. The zero-order valence-electron chi connectivity index (χ0n) is 8.72. The molecule has 0 bridgehead atoms. The molecule has 1 heterocycles. The first-order valence-corrected chi connectivity index (χ1v) is 6.06. The molecule has 1 saturated heterocycles. The van der Waals surface area contributed by atoms with Crippen LogP contribution in [0.5, 0.6) is 0 Å². The molecule has 0 aromatic rings. The van der Waals surface area contributed by atoms with Crippen LogP contribution in [0.3, 0.4) is 0 Å². The maximum atomic E-state index is 12.5. The molecule has 1 rings (SSSR count). The summed E-state index contributed by atoms with van der Waals surface area (Å²) in [6.45, 7) is 1.21. The van der Waals surface area contributed by atoms with E-state index in [9.17, 15) is 13.2 Å². The Kier molecular flexibility index (Phi) is 4.91. The Hall–Kier alpha value is -0.430.